The fourth-order valence-electron chi connectivity index (χ4n) is 6.14. The highest BCUT2D eigenvalue weighted by atomic mass is 16.6. The molecule has 31 heavy (non-hydrogen) atoms. The van der Waals surface area contributed by atoms with Gasteiger partial charge < -0.3 is 9.80 Å². The maximum Gasteiger partial charge on any atom is 0.139 e. The number of aromatic nitrogens is 2. The molecule has 170 valence electrons. The van der Waals surface area contributed by atoms with Gasteiger partial charge in [0.25, 0.3) is 0 Å². The first-order valence-electron chi connectivity index (χ1n) is 12.7. The Balaban J connectivity index is 1.25. The molecule has 0 bridgehead atoms. The van der Waals surface area contributed by atoms with Crippen LogP contribution >= 0.6 is 0 Å². The lowest BCUT2D eigenvalue weighted by atomic mass is 9.95. The lowest BCUT2D eigenvalue weighted by molar-refractivity contribution is 0.0913. The standard InChI is InChI=1S/C25H39N5O/c1-4-13-28(14-5-1)16-17-29(20-22-9-6-12-24-25(22)27-31-26-24)18-21-8-7-15-30(19-21)23-10-2-3-11-23/h6,9,12,21,23H,1-5,7-8,10-11,13-20H2/t21-/m1/s1. The number of rotatable bonds is 8. The predicted octanol–water partition coefficient (Wildman–Crippen LogP) is 4.17. The van der Waals surface area contributed by atoms with E-state index >= 15 is 0 Å². The average molecular weight is 426 g/mol. The fraction of sp³-hybridized carbons (Fsp3) is 0.760. The maximum atomic E-state index is 5.03. The van der Waals surface area contributed by atoms with E-state index < -0.39 is 0 Å². The quantitative estimate of drug-likeness (QED) is 0.633. The molecule has 5 rings (SSSR count). The van der Waals surface area contributed by atoms with Crippen molar-refractivity contribution in [3.8, 4) is 0 Å². The molecular formula is C25H39N5O. The first-order valence-corrected chi connectivity index (χ1v) is 12.7. The van der Waals surface area contributed by atoms with E-state index in [0.29, 0.717) is 0 Å². The van der Waals surface area contributed by atoms with Crippen LogP contribution in [0.5, 0.6) is 0 Å². The van der Waals surface area contributed by atoms with Crippen molar-refractivity contribution in [2.75, 3.05) is 45.8 Å². The highest BCUT2D eigenvalue weighted by molar-refractivity contribution is 5.76. The number of likely N-dealkylation sites (tertiary alicyclic amines) is 2. The van der Waals surface area contributed by atoms with E-state index in [0.717, 1.165) is 36.1 Å². The molecule has 2 aliphatic heterocycles. The van der Waals surface area contributed by atoms with Crippen molar-refractivity contribution < 1.29 is 4.63 Å². The summed E-state index contributed by atoms with van der Waals surface area (Å²) < 4.78 is 5.03. The molecule has 3 heterocycles. The first-order chi connectivity index (χ1) is 15.3. The summed E-state index contributed by atoms with van der Waals surface area (Å²) in [7, 11) is 0. The number of nitrogens with zero attached hydrogens (tertiary/aromatic N) is 5. The van der Waals surface area contributed by atoms with Crippen molar-refractivity contribution in [3.63, 3.8) is 0 Å². The minimum atomic E-state index is 0.783. The molecule has 2 saturated heterocycles. The maximum absolute atomic E-state index is 5.03. The minimum Gasteiger partial charge on any atom is -0.302 e. The van der Waals surface area contributed by atoms with Gasteiger partial charge in [0.15, 0.2) is 0 Å². The molecule has 0 unspecified atom stereocenters. The van der Waals surface area contributed by atoms with E-state index in [1.807, 2.05) is 6.07 Å². The van der Waals surface area contributed by atoms with Gasteiger partial charge in [-0.15, -0.1) is 0 Å². The van der Waals surface area contributed by atoms with E-state index in [1.165, 1.54) is 103 Å². The third-order valence-corrected chi connectivity index (χ3v) is 7.85. The van der Waals surface area contributed by atoms with Crippen molar-refractivity contribution in [1.29, 1.82) is 0 Å². The molecule has 1 aromatic heterocycles. The van der Waals surface area contributed by atoms with Gasteiger partial charge in [-0.2, -0.15) is 0 Å². The van der Waals surface area contributed by atoms with E-state index in [4.69, 9.17) is 4.63 Å². The third kappa shape index (κ3) is 5.47. The van der Waals surface area contributed by atoms with Crippen LogP contribution in [0.4, 0.5) is 0 Å². The molecule has 1 saturated carbocycles. The molecule has 0 spiro atoms. The van der Waals surface area contributed by atoms with Crippen molar-refractivity contribution >= 4 is 11.0 Å². The number of hydrogen-bond donors (Lipinski definition) is 0. The molecule has 0 N–H and O–H groups in total. The summed E-state index contributed by atoms with van der Waals surface area (Å²) in [6, 6.07) is 7.15. The van der Waals surface area contributed by atoms with Gasteiger partial charge in [-0.05, 0) is 86.0 Å². The minimum absolute atomic E-state index is 0.783. The predicted molar refractivity (Wildman–Crippen MR) is 124 cm³/mol. The van der Waals surface area contributed by atoms with Crippen LogP contribution in [-0.4, -0.2) is 76.9 Å². The molecule has 0 radical (unpaired) electrons. The summed E-state index contributed by atoms with van der Waals surface area (Å²) in [6.45, 7) is 9.62. The van der Waals surface area contributed by atoms with Crippen LogP contribution in [0.1, 0.15) is 63.4 Å². The topological polar surface area (TPSA) is 48.6 Å². The van der Waals surface area contributed by atoms with Crippen LogP contribution in [0.2, 0.25) is 0 Å². The SMILES string of the molecule is c1cc(CN(CCN2CCCCC2)C[C@H]2CCCN(C3CCCC3)C2)c2nonc2c1. The molecule has 1 atom stereocenters. The van der Waals surface area contributed by atoms with E-state index in [2.05, 4.69) is 37.1 Å². The van der Waals surface area contributed by atoms with Gasteiger partial charge in [-0.3, -0.25) is 4.90 Å². The van der Waals surface area contributed by atoms with E-state index in [1.54, 1.807) is 0 Å². The van der Waals surface area contributed by atoms with Gasteiger partial charge in [0.05, 0.1) is 0 Å². The highest BCUT2D eigenvalue weighted by Crippen LogP contribution is 2.28. The summed E-state index contributed by atoms with van der Waals surface area (Å²) in [4.78, 5) is 8.19. The van der Waals surface area contributed by atoms with Gasteiger partial charge in [-0.25, -0.2) is 4.63 Å². The smallest absolute Gasteiger partial charge is 0.139 e. The number of hydrogen-bond acceptors (Lipinski definition) is 6. The Hall–Kier alpha value is -1.50. The third-order valence-electron chi connectivity index (χ3n) is 7.85. The second kappa shape index (κ2) is 10.4. The summed E-state index contributed by atoms with van der Waals surface area (Å²) in [6.07, 6.45) is 12.6. The molecular weight excluding hydrogens is 386 g/mol. The summed E-state index contributed by atoms with van der Waals surface area (Å²) in [5, 5.41) is 8.26. The second-order valence-electron chi connectivity index (χ2n) is 10.1. The largest absolute Gasteiger partial charge is 0.302 e. The second-order valence-corrected chi connectivity index (χ2v) is 10.1. The average Bonchev–Trinajstić information content (AvgIpc) is 3.51. The van der Waals surface area contributed by atoms with Gasteiger partial charge in [0, 0.05) is 38.8 Å². The van der Waals surface area contributed by atoms with Crippen LogP contribution in [0, 0.1) is 5.92 Å². The Morgan fingerprint density at radius 2 is 1.81 bits per heavy atom. The number of piperidine rings is 2. The van der Waals surface area contributed by atoms with Crippen LogP contribution in [0.3, 0.4) is 0 Å². The molecule has 3 fully saturated rings. The number of benzene rings is 1. The summed E-state index contributed by atoms with van der Waals surface area (Å²) in [5.41, 5.74) is 3.06. The van der Waals surface area contributed by atoms with Gasteiger partial charge >= 0.3 is 0 Å². The Kier molecular flexibility index (Phi) is 7.17. The monoisotopic (exact) mass is 425 g/mol. The van der Waals surface area contributed by atoms with Crippen LogP contribution < -0.4 is 0 Å². The van der Waals surface area contributed by atoms with Crippen LogP contribution in [-0.2, 0) is 6.54 Å². The first kappa shape index (κ1) is 21.4. The summed E-state index contributed by atoms with van der Waals surface area (Å²) in [5.74, 6) is 0.783. The zero-order valence-electron chi connectivity index (χ0n) is 19.1. The lowest BCUT2D eigenvalue weighted by Crippen LogP contribution is -2.46. The lowest BCUT2D eigenvalue weighted by Gasteiger charge is -2.39. The Morgan fingerprint density at radius 1 is 0.935 bits per heavy atom. The molecule has 6 heteroatoms. The zero-order chi connectivity index (χ0) is 20.9. The van der Waals surface area contributed by atoms with Gasteiger partial charge in [0.2, 0.25) is 0 Å². The molecule has 6 nitrogen and oxygen atoms in total. The van der Waals surface area contributed by atoms with Crippen molar-refractivity contribution in [3.05, 3.63) is 23.8 Å². The zero-order valence-corrected chi connectivity index (χ0v) is 19.1. The van der Waals surface area contributed by atoms with Crippen molar-refractivity contribution in [1.82, 2.24) is 25.0 Å². The number of fused-ring (bicyclic) bond motifs is 1. The molecule has 1 aliphatic carbocycles. The van der Waals surface area contributed by atoms with Gasteiger partial charge in [-0.1, -0.05) is 31.4 Å². The van der Waals surface area contributed by atoms with E-state index in [-0.39, 0.29) is 0 Å². The molecule has 3 aliphatic rings. The molecule has 1 aromatic carbocycles. The van der Waals surface area contributed by atoms with Crippen LogP contribution in [0.25, 0.3) is 11.0 Å². The Bertz CT molecular complexity index is 811. The Labute approximate surface area is 186 Å². The van der Waals surface area contributed by atoms with Gasteiger partial charge in [0.1, 0.15) is 11.0 Å². The fourth-order valence-corrected chi connectivity index (χ4v) is 6.14. The molecule has 2 aromatic rings. The molecule has 0 amide bonds. The van der Waals surface area contributed by atoms with Crippen molar-refractivity contribution in [2.45, 2.75) is 70.4 Å². The van der Waals surface area contributed by atoms with Crippen molar-refractivity contribution in [2.24, 2.45) is 5.92 Å². The van der Waals surface area contributed by atoms with E-state index in [9.17, 15) is 0 Å². The summed E-state index contributed by atoms with van der Waals surface area (Å²) >= 11 is 0. The normalized spacial score (nSPS) is 24.5. The highest BCUT2D eigenvalue weighted by Gasteiger charge is 2.29. The van der Waals surface area contributed by atoms with Crippen LogP contribution in [0.15, 0.2) is 22.8 Å². The Morgan fingerprint density at radius 3 is 2.68 bits per heavy atom.